The maximum absolute atomic E-state index is 14.7. The lowest BCUT2D eigenvalue weighted by Gasteiger charge is -2.38. The Morgan fingerprint density at radius 2 is 1.95 bits per heavy atom. The quantitative estimate of drug-likeness (QED) is 0.931. The molecule has 1 aromatic carbocycles. The van der Waals surface area contributed by atoms with Crippen LogP contribution in [0.5, 0.6) is 17.2 Å². The standard InChI is InChI=1S/C16H22FNO3/c1-19-14-11(16(10-18)5-3-2-4-6-16)9-12-15(13(14)17)21-8-7-20-12/h9H,2-8,10,18H2,1H3. The summed E-state index contributed by atoms with van der Waals surface area (Å²) in [6, 6.07) is 1.87. The van der Waals surface area contributed by atoms with Gasteiger partial charge in [-0.2, -0.15) is 4.39 Å². The first-order valence-corrected chi connectivity index (χ1v) is 7.58. The number of rotatable bonds is 3. The van der Waals surface area contributed by atoms with Crippen molar-refractivity contribution in [3.63, 3.8) is 0 Å². The highest BCUT2D eigenvalue weighted by molar-refractivity contribution is 5.55. The lowest BCUT2D eigenvalue weighted by molar-refractivity contribution is 0.160. The Balaban J connectivity index is 2.14. The molecule has 5 heteroatoms. The molecule has 0 atom stereocenters. The highest BCUT2D eigenvalue weighted by atomic mass is 19.1. The minimum absolute atomic E-state index is 0.157. The molecule has 1 aliphatic carbocycles. The molecule has 0 radical (unpaired) electrons. The van der Waals surface area contributed by atoms with Crippen molar-refractivity contribution >= 4 is 0 Å². The number of hydrogen-bond donors (Lipinski definition) is 1. The summed E-state index contributed by atoms with van der Waals surface area (Å²) >= 11 is 0. The topological polar surface area (TPSA) is 53.7 Å². The number of methoxy groups -OCH3 is 1. The molecule has 0 spiro atoms. The van der Waals surface area contributed by atoms with E-state index in [4.69, 9.17) is 19.9 Å². The van der Waals surface area contributed by atoms with Crippen molar-refractivity contribution in [2.45, 2.75) is 37.5 Å². The molecule has 21 heavy (non-hydrogen) atoms. The van der Waals surface area contributed by atoms with Crippen LogP contribution in [0.3, 0.4) is 0 Å². The molecule has 0 bridgehead atoms. The molecule has 1 heterocycles. The van der Waals surface area contributed by atoms with E-state index in [1.165, 1.54) is 13.5 Å². The van der Waals surface area contributed by atoms with Gasteiger partial charge in [0, 0.05) is 17.5 Å². The third kappa shape index (κ3) is 2.33. The van der Waals surface area contributed by atoms with Crippen LogP contribution in [0.1, 0.15) is 37.7 Å². The molecule has 0 unspecified atom stereocenters. The van der Waals surface area contributed by atoms with Gasteiger partial charge in [0.2, 0.25) is 11.6 Å². The van der Waals surface area contributed by atoms with Gasteiger partial charge < -0.3 is 19.9 Å². The van der Waals surface area contributed by atoms with Gasteiger partial charge in [-0.15, -0.1) is 0 Å². The second-order valence-electron chi connectivity index (χ2n) is 5.84. The maximum atomic E-state index is 14.7. The number of benzene rings is 1. The van der Waals surface area contributed by atoms with Gasteiger partial charge in [-0.05, 0) is 18.9 Å². The summed E-state index contributed by atoms with van der Waals surface area (Å²) in [5.41, 5.74) is 6.68. The number of nitrogens with two attached hydrogens (primary N) is 1. The van der Waals surface area contributed by atoms with Crippen molar-refractivity contribution in [3.05, 3.63) is 17.4 Å². The third-order valence-corrected chi connectivity index (χ3v) is 4.71. The summed E-state index contributed by atoms with van der Waals surface area (Å²) in [4.78, 5) is 0. The monoisotopic (exact) mass is 295 g/mol. The molecule has 1 saturated carbocycles. The molecular weight excluding hydrogens is 273 g/mol. The molecule has 0 saturated heterocycles. The van der Waals surface area contributed by atoms with Crippen LogP contribution >= 0.6 is 0 Å². The molecule has 1 fully saturated rings. The molecular formula is C16H22FNO3. The molecule has 1 aromatic rings. The Morgan fingerprint density at radius 1 is 1.24 bits per heavy atom. The van der Waals surface area contributed by atoms with Gasteiger partial charge in [-0.1, -0.05) is 19.3 Å². The van der Waals surface area contributed by atoms with Crippen molar-refractivity contribution in [3.8, 4) is 17.2 Å². The van der Waals surface area contributed by atoms with Gasteiger partial charge in [-0.25, -0.2) is 0 Å². The fourth-order valence-corrected chi connectivity index (χ4v) is 3.53. The molecule has 3 rings (SSSR count). The van der Waals surface area contributed by atoms with E-state index in [-0.39, 0.29) is 16.9 Å². The zero-order valence-corrected chi connectivity index (χ0v) is 12.4. The zero-order chi connectivity index (χ0) is 14.9. The van der Waals surface area contributed by atoms with Crippen molar-refractivity contribution in [2.75, 3.05) is 26.9 Å². The molecule has 116 valence electrons. The highest BCUT2D eigenvalue weighted by Gasteiger charge is 2.38. The van der Waals surface area contributed by atoms with Crippen LogP contribution in [0.25, 0.3) is 0 Å². The van der Waals surface area contributed by atoms with Crippen LogP contribution in [0.15, 0.2) is 6.07 Å². The lowest BCUT2D eigenvalue weighted by Crippen LogP contribution is -2.38. The molecule has 2 N–H and O–H groups in total. The van der Waals surface area contributed by atoms with Crippen LogP contribution in [-0.4, -0.2) is 26.9 Å². The van der Waals surface area contributed by atoms with Crippen molar-refractivity contribution in [2.24, 2.45) is 5.73 Å². The number of hydrogen-bond acceptors (Lipinski definition) is 4. The van der Waals surface area contributed by atoms with Crippen LogP contribution in [0.2, 0.25) is 0 Å². The predicted octanol–water partition coefficient (Wildman–Crippen LogP) is 2.77. The van der Waals surface area contributed by atoms with Crippen LogP contribution in [0.4, 0.5) is 4.39 Å². The first-order chi connectivity index (χ1) is 10.2. The average Bonchev–Trinajstić information content (AvgIpc) is 2.55. The summed E-state index contributed by atoms with van der Waals surface area (Å²) in [5, 5.41) is 0. The summed E-state index contributed by atoms with van der Waals surface area (Å²) in [5.74, 6) is 0.410. The van der Waals surface area contributed by atoms with Gasteiger partial charge >= 0.3 is 0 Å². The first-order valence-electron chi connectivity index (χ1n) is 7.58. The number of ether oxygens (including phenoxy) is 3. The Hall–Kier alpha value is -1.49. The summed E-state index contributed by atoms with van der Waals surface area (Å²) in [6.07, 6.45) is 5.34. The average molecular weight is 295 g/mol. The fraction of sp³-hybridized carbons (Fsp3) is 0.625. The van der Waals surface area contributed by atoms with E-state index in [0.29, 0.717) is 25.5 Å². The van der Waals surface area contributed by atoms with Gasteiger partial charge in [0.15, 0.2) is 11.5 Å². The molecule has 2 aliphatic rings. The molecule has 0 aromatic heterocycles. The minimum Gasteiger partial charge on any atom is -0.493 e. The van der Waals surface area contributed by atoms with Crippen LogP contribution in [-0.2, 0) is 5.41 Å². The second kappa shape index (κ2) is 5.72. The number of halogens is 1. The van der Waals surface area contributed by atoms with E-state index in [1.54, 1.807) is 0 Å². The van der Waals surface area contributed by atoms with E-state index < -0.39 is 5.82 Å². The Kier molecular flexibility index (Phi) is 3.93. The summed E-state index contributed by atoms with van der Waals surface area (Å²) in [7, 11) is 1.49. The Morgan fingerprint density at radius 3 is 2.62 bits per heavy atom. The van der Waals surface area contributed by atoms with Gasteiger partial charge in [0.1, 0.15) is 13.2 Å². The van der Waals surface area contributed by atoms with Gasteiger partial charge in [0.05, 0.1) is 7.11 Å². The molecule has 0 amide bonds. The lowest BCUT2D eigenvalue weighted by atomic mass is 9.69. The zero-order valence-electron chi connectivity index (χ0n) is 12.4. The van der Waals surface area contributed by atoms with Crippen LogP contribution in [0, 0.1) is 5.82 Å². The smallest absolute Gasteiger partial charge is 0.211 e. The van der Waals surface area contributed by atoms with E-state index >= 15 is 0 Å². The highest BCUT2D eigenvalue weighted by Crippen LogP contribution is 2.49. The van der Waals surface area contributed by atoms with Gasteiger partial charge in [0.25, 0.3) is 0 Å². The van der Waals surface area contributed by atoms with E-state index in [1.807, 2.05) is 6.07 Å². The van der Waals surface area contributed by atoms with Crippen molar-refractivity contribution < 1.29 is 18.6 Å². The van der Waals surface area contributed by atoms with Gasteiger partial charge in [-0.3, -0.25) is 0 Å². The van der Waals surface area contributed by atoms with Crippen LogP contribution < -0.4 is 19.9 Å². The largest absolute Gasteiger partial charge is 0.493 e. The maximum Gasteiger partial charge on any atom is 0.211 e. The Labute approximate surface area is 124 Å². The van der Waals surface area contributed by atoms with E-state index in [0.717, 1.165) is 31.2 Å². The predicted molar refractivity (Wildman–Crippen MR) is 77.8 cm³/mol. The fourth-order valence-electron chi connectivity index (χ4n) is 3.53. The van der Waals surface area contributed by atoms with E-state index in [2.05, 4.69) is 0 Å². The third-order valence-electron chi connectivity index (χ3n) is 4.71. The molecule has 4 nitrogen and oxygen atoms in total. The number of fused-ring (bicyclic) bond motifs is 1. The summed E-state index contributed by atoms with van der Waals surface area (Å²) in [6.45, 7) is 1.28. The second-order valence-corrected chi connectivity index (χ2v) is 5.84. The van der Waals surface area contributed by atoms with Crippen molar-refractivity contribution in [1.29, 1.82) is 0 Å². The summed E-state index contributed by atoms with van der Waals surface area (Å²) < 4.78 is 31.0. The minimum atomic E-state index is -0.469. The first kappa shape index (κ1) is 14.4. The van der Waals surface area contributed by atoms with E-state index in [9.17, 15) is 4.39 Å². The van der Waals surface area contributed by atoms with Crippen molar-refractivity contribution in [1.82, 2.24) is 0 Å². The molecule has 1 aliphatic heterocycles. The normalized spacial score (nSPS) is 20.1. The Bertz CT molecular complexity index is 527. The SMILES string of the molecule is COc1c(C2(CN)CCCCC2)cc2c(c1F)OCCO2.